The van der Waals surface area contributed by atoms with E-state index in [1.807, 2.05) is 36.4 Å². The van der Waals surface area contributed by atoms with Crippen LogP contribution in [0.2, 0.25) is 0 Å². The fourth-order valence-electron chi connectivity index (χ4n) is 3.24. The third kappa shape index (κ3) is 4.54. The first kappa shape index (κ1) is 19.7. The van der Waals surface area contributed by atoms with E-state index in [-0.39, 0.29) is 5.91 Å². The fourth-order valence-corrected chi connectivity index (χ4v) is 4.77. The quantitative estimate of drug-likeness (QED) is 0.371. The van der Waals surface area contributed by atoms with Gasteiger partial charge < -0.3 is 0 Å². The van der Waals surface area contributed by atoms with Gasteiger partial charge in [-0.3, -0.25) is 14.7 Å². The van der Waals surface area contributed by atoms with Gasteiger partial charge in [0.15, 0.2) is 5.13 Å². The summed E-state index contributed by atoms with van der Waals surface area (Å²) in [5.41, 5.74) is 5.24. The van der Waals surface area contributed by atoms with Crippen molar-refractivity contribution >= 4 is 48.5 Å². The van der Waals surface area contributed by atoms with Gasteiger partial charge in [-0.15, -0.1) is 0 Å². The van der Waals surface area contributed by atoms with Gasteiger partial charge in [0.1, 0.15) is 0 Å². The third-order valence-electron chi connectivity index (χ3n) is 4.77. The van der Waals surface area contributed by atoms with Gasteiger partial charge in [-0.2, -0.15) is 0 Å². The topological polar surface area (TPSA) is 46.1 Å². The number of anilines is 1. The number of amides is 1. The standard InChI is InChI=1S/C23H20BrN3OS/c1-15-5-6-18(16(2)10-15)11-22(28)27(14-17-4-3-9-25-13-17)23-26-20-8-7-19(24)12-21(20)29-23/h3-10,12-13H,11,14H2,1-2H3. The largest absolute Gasteiger partial charge is 0.283 e. The summed E-state index contributed by atoms with van der Waals surface area (Å²) in [6, 6.07) is 16.0. The molecule has 0 aliphatic heterocycles. The van der Waals surface area contributed by atoms with E-state index in [0.29, 0.717) is 18.1 Å². The number of benzene rings is 2. The molecule has 1 amide bonds. The minimum Gasteiger partial charge on any atom is -0.283 e. The van der Waals surface area contributed by atoms with Crippen LogP contribution in [-0.2, 0) is 17.8 Å². The molecule has 0 bridgehead atoms. The molecule has 0 N–H and O–H groups in total. The molecule has 6 heteroatoms. The lowest BCUT2D eigenvalue weighted by atomic mass is 10.0. The van der Waals surface area contributed by atoms with Crippen LogP contribution in [0, 0.1) is 13.8 Å². The van der Waals surface area contributed by atoms with Crippen LogP contribution >= 0.6 is 27.3 Å². The van der Waals surface area contributed by atoms with Crippen LogP contribution in [0.15, 0.2) is 65.4 Å². The summed E-state index contributed by atoms with van der Waals surface area (Å²) in [7, 11) is 0. The number of pyridine rings is 1. The molecule has 146 valence electrons. The van der Waals surface area contributed by atoms with Gasteiger partial charge in [0.05, 0.1) is 23.2 Å². The summed E-state index contributed by atoms with van der Waals surface area (Å²) < 4.78 is 2.05. The third-order valence-corrected chi connectivity index (χ3v) is 6.31. The van der Waals surface area contributed by atoms with Crippen molar-refractivity contribution in [2.24, 2.45) is 0 Å². The Morgan fingerprint density at radius 3 is 2.76 bits per heavy atom. The maximum absolute atomic E-state index is 13.4. The van der Waals surface area contributed by atoms with Crippen molar-refractivity contribution in [2.45, 2.75) is 26.8 Å². The number of aryl methyl sites for hydroxylation is 2. The Kier molecular flexibility index (Phi) is 5.74. The zero-order chi connectivity index (χ0) is 20.4. The first-order valence-electron chi connectivity index (χ1n) is 9.31. The zero-order valence-corrected chi connectivity index (χ0v) is 18.6. The van der Waals surface area contributed by atoms with Crippen LogP contribution in [0.5, 0.6) is 0 Å². The van der Waals surface area contributed by atoms with Gasteiger partial charge in [-0.05, 0) is 54.8 Å². The molecule has 0 spiro atoms. The second-order valence-electron chi connectivity index (χ2n) is 7.06. The van der Waals surface area contributed by atoms with Crippen LogP contribution in [0.1, 0.15) is 22.3 Å². The minimum absolute atomic E-state index is 0.0268. The van der Waals surface area contributed by atoms with E-state index in [9.17, 15) is 4.79 Å². The average Bonchev–Trinajstić information content (AvgIpc) is 3.11. The van der Waals surface area contributed by atoms with E-state index >= 15 is 0 Å². The summed E-state index contributed by atoms with van der Waals surface area (Å²) in [5.74, 6) is 0.0268. The average molecular weight is 466 g/mol. The van der Waals surface area contributed by atoms with E-state index in [2.05, 4.69) is 46.9 Å². The first-order chi connectivity index (χ1) is 14.0. The van der Waals surface area contributed by atoms with Crippen LogP contribution in [0.25, 0.3) is 10.2 Å². The van der Waals surface area contributed by atoms with Gasteiger partial charge in [0.25, 0.3) is 0 Å². The lowest BCUT2D eigenvalue weighted by molar-refractivity contribution is -0.118. The highest BCUT2D eigenvalue weighted by molar-refractivity contribution is 9.10. The Labute approximate surface area is 182 Å². The molecule has 29 heavy (non-hydrogen) atoms. The Balaban J connectivity index is 1.69. The fraction of sp³-hybridized carbons (Fsp3) is 0.174. The lowest BCUT2D eigenvalue weighted by Crippen LogP contribution is -2.32. The van der Waals surface area contributed by atoms with Gasteiger partial charge >= 0.3 is 0 Å². The molecular weight excluding hydrogens is 446 g/mol. The predicted octanol–water partition coefficient (Wildman–Crippen LogP) is 5.85. The smallest absolute Gasteiger partial charge is 0.233 e. The van der Waals surface area contributed by atoms with Gasteiger partial charge in [-0.1, -0.05) is 57.1 Å². The number of fused-ring (bicyclic) bond motifs is 1. The molecule has 0 radical (unpaired) electrons. The highest BCUT2D eigenvalue weighted by atomic mass is 79.9. The van der Waals surface area contributed by atoms with E-state index in [1.165, 1.54) is 16.9 Å². The summed E-state index contributed by atoms with van der Waals surface area (Å²) in [5, 5.41) is 0.705. The number of hydrogen-bond acceptors (Lipinski definition) is 4. The number of thiazole rings is 1. The SMILES string of the molecule is Cc1ccc(CC(=O)N(Cc2cccnc2)c2nc3ccc(Br)cc3s2)c(C)c1. The predicted molar refractivity (Wildman–Crippen MR) is 122 cm³/mol. The van der Waals surface area contributed by atoms with Crippen molar-refractivity contribution in [3.63, 3.8) is 0 Å². The van der Waals surface area contributed by atoms with Crippen molar-refractivity contribution in [2.75, 3.05) is 4.90 Å². The second kappa shape index (κ2) is 8.43. The molecule has 0 saturated heterocycles. The monoisotopic (exact) mass is 465 g/mol. The molecule has 0 aliphatic carbocycles. The number of aromatic nitrogens is 2. The van der Waals surface area contributed by atoms with Gasteiger partial charge in [0.2, 0.25) is 5.91 Å². The van der Waals surface area contributed by atoms with Crippen molar-refractivity contribution in [3.05, 3.63) is 87.7 Å². The van der Waals surface area contributed by atoms with Crippen molar-refractivity contribution in [3.8, 4) is 0 Å². The number of carbonyl (C=O) groups is 1. The highest BCUT2D eigenvalue weighted by Crippen LogP contribution is 2.32. The Hall–Kier alpha value is -2.57. The number of nitrogens with zero attached hydrogens (tertiary/aromatic N) is 3. The number of hydrogen-bond donors (Lipinski definition) is 0. The van der Waals surface area contributed by atoms with Crippen molar-refractivity contribution in [1.82, 2.24) is 9.97 Å². The van der Waals surface area contributed by atoms with E-state index in [4.69, 9.17) is 4.98 Å². The Morgan fingerprint density at radius 2 is 2.00 bits per heavy atom. The summed E-state index contributed by atoms with van der Waals surface area (Å²) in [6.07, 6.45) is 3.87. The second-order valence-corrected chi connectivity index (χ2v) is 8.98. The highest BCUT2D eigenvalue weighted by Gasteiger charge is 2.21. The number of rotatable bonds is 5. The molecule has 0 fully saturated rings. The molecule has 4 rings (SSSR count). The van der Waals surface area contributed by atoms with E-state index < -0.39 is 0 Å². The molecule has 2 heterocycles. The first-order valence-corrected chi connectivity index (χ1v) is 10.9. The minimum atomic E-state index is 0.0268. The molecule has 4 nitrogen and oxygen atoms in total. The molecule has 0 atom stereocenters. The molecule has 4 aromatic rings. The Morgan fingerprint density at radius 1 is 1.14 bits per heavy atom. The van der Waals surface area contributed by atoms with Crippen LogP contribution in [0.4, 0.5) is 5.13 Å². The van der Waals surface area contributed by atoms with Crippen LogP contribution in [-0.4, -0.2) is 15.9 Å². The summed E-state index contributed by atoms with van der Waals surface area (Å²) >= 11 is 5.04. The normalized spacial score (nSPS) is 11.0. The molecular formula is C23H20BrN3OS. The molecule has 2 aromatic carbocycles. The van der Waals surface area contributed by atoms with E-state index in [0.717, 1.165) is 31.4 Å². The zero-order valence-electron chi connectivity index (χ0n) is 16.2. The maximum Gasteiger partial charge on any atom is 0.233 e. The summed E-state index contributed by atoms with van der Waals surface area (Å²) in [4.78, 5) is 24.1. The summed E-state index contributed by atoms with van der Waals surface area (Å²) in [6.45, 7) is 4.56. The lowest BCUT2D eigenvalue weighted by Gasteiger charge is -2.20. The molecule has 2 aromatic heterocycles. The van der Waals surface area contributed by atoms with Gasteiger partial charge in [0, 0.05) is 16.9 Å². The maximum atomic E-state index is 13.4. The van der Waals surface area contributed by atoms with E-state index in [1.54, 1.807) is 17.3 Å². The number of halogens is 1. The van der Waals surface area contributed by atoms with Crippen molar-refractivity contribution in [1.29, 1.82) is 0 Å². The molecule has 0 unspecified atom stereocenters. The van der Waals surface area contributed by atoms with Crippen molar-refractivity contribution < 1.29 is 4.79 Å². The van der Waals surface area contributed by atoms with Gasteiger partial charge in [-0.25, -0.2) is 4.98 Å². The Bertz CT molecular complexity index is 1170. The molecule has 0 saturated carbocycles. The van der Waals surface area contributed by atoms with Crippen LogP contribution < -0.4 is 4.90 Å². The molecule has 0 aliphatic rings. The van der Waals surface area contributed by atoms with Crippen LogP contribution in [0.3, 0.4) is 0 Å². The number of carbonyl (C=O) groups excluding carboxylic acids is 1.